The predicted octanol–water partition coefficient (Wildman–Crippen LogP) is 3.87. The molecule has 0 bridgehead atoms. The number of amides is 2. The number of benzene rings is 3. The highest BCUT2D eigenvalue weighted by Gasteiger charge is 2.20. The monoisotopic (exact) mass is 344 g/mol. The molecule has 3 N–H and O–H groups in total. The number of fused-ring (bicyclic) bond motifs is 2. The highest BCUT2D eigenvalue weighted by molar-refractivity contribution is 6.10. The quantitative estimate of drug-likeness (QED) is 0.589. The summed E-state index contributed by atoms with van der Waals surface area (Å²) in [7, 11) is 0. The van der Waals surface area contributed by atoms with E-state index in [9.17, 15) is 9.59 Å². The maximum atomic E-state index is 12.5. The average Bonchev–Trinajstić information content (AvgIpc) is 3.00. The second-order valence-corrected chi connectivity index (χ2v) is 6.07. The molecule has 128 valence electrons. The van der Waals surface area contributed by atoms with Gasteiger partial charge in [-0.3, -0.25) is 9.59 Å². The smallest absolute Gasteiger partial charge is 0.286 e. The van der Waals surface area contributed by atoms with Crippen LogP contribution in [0.4, 0.5) is 5.69 Å². The van der Waals surface area contributed by atoms with Crippen LogP contribution in [0.2, 0.25) is 0 Å². The molecule has 0 radical (unpaired) electrons. The molecule has 0 fully saturated rings. The van der Waals surface area contributed by atoms with Gasteiger partial charge in [0, 0.05) is 5.39 Å². The van der Waals surface area contributed by atoms with Gasteiger partial charge in [0.15, 0.2) is 0 Å². The minimum Gasteiger partial charge on any atom is -0.449 e. The van der Waals surface area contributed by atoms with Gasteiger partial charge in [-0.25, -0.2) is 0 Å². The summed E-state index contributed by atoms with van der Waals surface area (Å²) in [5, 5.41) is 5.62. The molecule has 4 aromatic rings. The number of carbonyl (C=O) groups excluding carboxylic acids is 2. The number of furan rings is 1. The third-order valence-corrected chi connectivity index (χ3v) is 4.26. The fraction of sp³-hybridized carbons (Fsp3) is 0.0476. The summed E-state index contributed by atoms with van der Waals surface area (Å²) >= 11 is 0. The zero-order valence-corrected chi connectivity index (χ0v) is 13.9. The summed E-state index contributed by atoms with van der Waals surface area (Å²) in [6, 6.07) is 21.0. The standard InChI is InChI=1S/C21H16N2O3/c22-21(25)20-19(16-7-3-4-8-17(16)26-20)23-18(24)12-13-9-10-14-5-1-2-6-15(14)11-13/h1-11H,12H2,(H2,22,25)(H,23,24). The first-order valence-corrected chi connectivity index (χ1v) is 8.21. The Morgan fingerprint density at radius 1 is 0.923 bits per heavy atom. The van der Waals surface area contributed by atoms with E-state index in [0.717, 1.165) is 16.3 Å². The lowest BCUT2D eigenvalue weighted by molar-refractivity contribution is -0.115. The fourth-order valence-electron chi connectivity index (χ4n) is 3.06. The molecular weight excluding hydrogens is 328 g/mol. The van der Waals surface area contributed by atoms with Crippen LogP contribution in [0.5, 0.6) is 0 Å². The van der Waals surface area contributed by atoms with Crippen LogP contribution in [0.25, 0.3) is 21.7 Å². The molecule has 4 rings (SSSR count). The van der Waals surface area contributed by atoms with Crippen LogP contribution in [0.1, 0.15) is 16.1 Å². The largest absolute Gasteiger partial charge is 0.449 e. The SMILES string of the molecule is NC(=O)c1oc2ccccc2c1NC(=O)Cc1ccc2ccccc2c1. The minimum atomic E-state index is -0.720. The third kappa shape index (κ3) is 2.91. The second kappa shape index (κ2) is 6.37. The molecule has 0 atom stereocenters. The van der Waals surface area contributed by atoms with Crippen molar-refractivity contribution in [2.75, 3.05) is 5.32 Å². The maximum absolute atomic E-state index is 12.5. The lowest BCUT2D eigenvalue weighted by Gasteiger charge is -2.06. The molecule has 5 heteroatoms. The molecule has 0 spiro atoms. The molecule has 26 heavy (non-hydrogen) atoms. The summed E-state index contributed by atoms with van der Waals surface area (Å²) in [5.74, 6) is -1.00. The van der Waals surface area contributed by atoms with Gasteiger partial charge in [-0.15, -0.1) is 0 Å². The Morgan fingerprint density at radius 3 is 2.46 bits per heavy atom. The number of primary amides is 1. The Bertz CT molecular complexity index is 1140. The molecule has 1 aromatic heterocycles. The lowest BCUT2D eigenvalue weighted by Crippen LogP contribution is -2.18. The maximum Gasteiger partial charge on any atom is 0.286 e. The van der Waals surface area contributed by atoms with E-state index in [1.54, 1.807) is 18.2 Å². The highest BCUT2D eigenvalue weighted by atomic mass is 16.3. The Hall–Kier alpha value is -3.60. The first-order chi connectivity index (χ1) is 12.6. The van der Waals surface area contributed by atoms with E-state index >= 15 is 0 Å². The number of carbonyl (C=O) groups is 2. The van der Waals surface area contributed by atoms with Crippen molar-refractivity contribution in [3.05, 3.63) is 78.1 Å². The highest BCUT2D eigenvalue weighted by Crippen LogP contribution is 2.30. The number of nitrogens with two attached hydrogens (primary N) is 1. The van der Waals surface area contributed by atoms with Gasteiger partial charge in [0.2, 0.25) is 11.7 Å². The molecular formula is C21H16N2O3. The van der Waals surface area contributed by atoms with Crippen molar-refractivity contribution < 1.29 is 14.0 Å². The van der Waals surface area contributed by atoms with Gasteiger partial charge in [-0.2, -0.15) is 0 Å². The van der Waals surface area contributed by atoms with Crippen molar-refractivity contribution >= 4 is 39.2 Å². The average molecular weight is 344 g/mol. The van der Waals surface area contributed by atoms with Crippen LogP contribution in [-0.4, -0.2) is 11.8 Å². The van der Waals surface area contributed by atoms with E-state index in [1.165, 1.54) is 0 Å². The van der Waals surface area contributed by atoms with Gasteiger partial charge in [-0.1, -0.05) is 54.6 Å². The number of nitrogens with one attached hydrogen (secondary N) is 1. The Morgan fingerprint density at radius 2 is 1.65 bits per heavy atom. The van der Waals surface area contributed by atoms with Gasteiger partial charge < -0.3 is 15.5 Å². The van der Waals surface area contributed by atoms with E-state index in [4.69, 9.17) is 10.2 Å². The van der Waals surface area contributed by atoms with Crippen molar-refractivity contribution in [3.63, 3.8) is 0 Å². The Labute approximate surface area is 149 Å². The fourth-order valence-corrected chi connectivity index (χ4v) is 3.06. The molecule has 0 unspecified atom stereocenters. The van der Waals surface area contributed by atoms with Crippen LogP contribution in [0.3, 0.4) is 0 Å². The first kappa shape index (κ1) is 15.9. The van der Waals surface area contributed by atoms with Crippen molar-refractivity contribution in [1.29, 1.82) is 0 Å². The number of hydrogen-bond donors (Lipinski definition) is 2. The van der Waals surface area contributed by atoms with Gasteiger partial charge in [0.25, 0.3) is 5.91 Å². The Kier molecular flexibility index (Phi) is 3.89. The Balaban J connectivity index is 1.62. The molecule has 0 saturated heterocycles. The van der Waals surface area contributed by atoms with Crippen LogP contribution in [0.15, 0.2) is 71.1 Å². The first-order valence-electron chi connectivity index (χ1n) is 8.21. The topological polar surface area (TPSA) is 85.3 Å². The van der Waals surface area contributed by atoms with Crippen molar-refractivity contribution in [2.45, 2.75) is 6.42 Å². The summed E-state index contributed by atoms with van der Waals surface area (Å²) in [5.41, 5.74) is 7.09. The van der Waals surface area contributed by atoms with Crippen LogP contribution in [0, 0.1) is 0 Å². The normalized spacial score (nSPS) is 10.9. The van der Waals surface area contributed by atoms with E-state index in [1.807, 2.05) is 48.5 Å². The number of para-hydroxylation sites is 1. The van der Waals surface area contributed by atoms with Crippen LogP contribution < -0.4 is 11.1 Å². The third-order valence-electron chi connectivity index (χ3n) is 4.26. The zero-order valence-electron chi connectivity index (χ0n) is 13.9. The van der Waals surface area contributed by atoms with Crippen LogP contribution >= 0.6 is 0 Å². The van der Waals surface area contributed by atoms with Crippen molar-refractivity contribution in [1.82, 2.24) is 0 Å². The molecule has 1 heterocycles. The second-order valence-electron chi connectivity index (χ2n) is 6.07. The summed E-state index contributed by atoms with van der Waals surface area (Å²) in [6.07, 6.45) is 0.183. The van der Waals surface area contributed by atoms with E-state index in [0.29, 0.717) is 16.7 Å². The molecule has 0 aliphatic heterocycles. The molecule has 2 amide bonds. The van der Waals surface area contributed by atoms with E-state index in [-0.39, 0.29) is 18.1 Å². The molecule has 0 aliphatic rings. The summed E-state index contributed by atoms with van der Waals surface area (Å²) in [6.45, 7) is 0. The van der Waals surface area contributed by atoms with Crippen molar-refractivity contribution in [3.8, 4) is 0 Å². The van der Waals surface area contributed by atoms with Gasteiger partial charge in [0.05, 0.1) is 6.42 Å². The van der Waals surface area contributed by atoms with E-state index < -0.39 is 5.91 Å². The lowest BCUT2D eigenvalue weighted by atomic mass is 10.0. The number of anilines is 1. The van der Waals surface area contributed by atoms with Gasteiger partial charge >= 0.3 is 0 Å². The molecule has 5 nitrogen and oxygen atoms in total. The zero-order chi connectivity index (χ0) is 18.1. The molecule has 0 aliphatic carbocycles. The molecule has 3 aromatic carbocycles. The van der Waals surface area contributed by atoms with Gasteiger partial charge in [-0.05, 0) is 28.5 Å². The van der Waals surface area contributed by atoms with Crippen LogP contribution in [-0.2, 0) is 11.2 Å². The molecule has 0 saturated carbocycles. The van der Waals surface area contributed by atoms with Gasteiger partial charge in [0.1, 0.15) is 11.3 Å². The summed E-state index contributed by atoms with van der Waals surface area (Å²) < 4.78 is 5.48. The summed E-state index contributed by atoms with van der Waals surface area (Å²) in [4.78, 5) is 24.2. The minimum absolute atomic E-state index is 0.0435. The predicted molar refractivity (Wildman–Crippen MR) is 101 cm³/mol. The number of rotatable bonds is 4. The number of hydrogen-bond acceptors (Lipinski definition) is 3. The van der Waals surface area contributed by atoms with E-state index in [2.05, 4.69) is 5.32 Å². The van der Waals surface area contributed by atoms with Crippen molar-refractivity contribution in [2.24, 2.45) is 5.73 Å².